The zero-order valence-electron chi connectivity index (χ0n) is 8.52. The Bertz CT molecular complexity index is 915. The minimum absolute atomic E-state index is 0.240. The molecule has 0 bridgehead atoms. The second kappa shape index (κ2) is 2.73. The van der Waals surface area contributed by atoms with Gasteiger partial charge in [0.05, 0.1) is 23.4 Å². The molecule has 0 saturated heterocycles. The van der Waals surface area contributed by atoms with Gasteiger partial charge >= 0.3 is 0 Å². The molecule has 2 N–H and O–H groups in total. The molecule has 0 saturated carbocycles. The van der Waals surface area contributed by atoms with Crippen LogP contribution in [0.25, 0.3) is 33.0 Å². The molecule has 0 aliphatic rings. The van der Waals surface area contributed by atoms with E-state index in [-0.39, 0.29) is 11.1 Å². The molecule has 0 aliphatic carbocycles. The molecule has 4 aromatic rings. The first-order valence-electron chi connectivity index (χ1n) is 5.06. The molecule has 3 heterocycles. The lowest BCUT2D eigenvalue weighted by atomic mass is 10.2. The lowest BCUT2D eigenvalue weighted by Crippen LogP contribution is -2.03. The molecule has 6 heteroatoms. The Morgan fingerprint density at radius 3 is 3.18 bits per heavy atom. The first-order chi connectivity index (χ1) is 8.34. The monoisotopic (exact) mass is 226 g/mol. The summed E-state index contributed by atoms with van der Waals surface area (Å²) in [6.45, 7) is 0. The van der Waals surface area contributed by atoms with Gasteiger partial charge in [-0.2, -0.15) is 5.10 Å². The van der Waals surface area contributed by atoms with Crippen molar-refractivity contribution in [3.05, 3.63) is 35.0 Å². The number of rotatable bonds is 0. The van der Waals surface area contributed by atoms with Crippen LogP contribution in [0.2, 0.25) is 0 Å². The molecule has 6 nitrogen and oxygen atoms in total. The molecule has 1 aromatic carbocycles. The van der Waals surface area contributed by atoms with Crippen LogP contribution in [-0.4, -0.2) is 20.2 Å². The third-order valence-electron chi connectivity index (χ3n) is 2.84. The number of hydrogen-bond acceptors (Lipinski definition) is 4. The number of fused-ring (bicyclic) bond motifs is 5. The Morgan fingerprint density at radius 1 is 1.29 bits per heavy atom. The van der Waals surface area contributed by atoms with Crippen LogP contribution in [0.3, 0.4) is 0 Å². The molecule has 0 aliphatic heterocycles. The van der Waals surface area contributed by atoms with E-state index < -0.39 is 0 Å². The smallest absolute Gasteiger partial charge is 0.294 e. The second-order valence-electron chi connectivity index (χ2n) is 3.78. The number of aromatic nitrogens is 4. The summed E-state index contributed by atoms with van der Waals surface area (Å²) in [7, 11) is 0. The standard InChI is InChI=1S/C11H6N4O2/c16-11-10-9(12-4-13-11)7-6(17-10)2-1-5-3-14-15-8(5)7/h1-4H,(H,14,15)(H,12,13,16). The van der Waals surface area contributed by atoms with Crippen molar-refractivity contribution < 1.29 is 4.42 Å². The minimum atomic E-state index is -0.279. The van der Waals surface area contributed by atoms with E-state index in [0.717, 1.165) is 16.3 Å². The zero-order chi connectivity index (χ0) is 11.4. The Morgan fingerprint density at radius 2 is 2.24 bits per heavy atom. The lowest BCUT2D eigenvalue weighted by Gasteiger charge is -1.90. The van der Waals surface area contributed by atoms with E-state index in [1.54, 1.807) is 6.20 Å². The van der Waals surface area contributed by atoms with Crippen LogP contribution >= 0.6 is 0 Å². The number of hydrogen-bond donors (Lipinski definition) is 2. The van der Waals surface area contributed by atoms with E-state index in [1.807, 2.05) is 12.1 Å². The molecule has 3 aromatic heterocycles. The molecule has 4 rings (SSSR count). The summed E-state index contributed by atoms with van der Waals surface area (Å²) in [5, 5.41) is 8.63. The third kappa shape index (κ3) is 0.963. The summed E-state index contributed by atoms with van der Waals surface area (Å²) in [5.74, 6) is 0. The summed E-state index contributed by atoms with van der Waals surface area (Å²) < 4.78 is 5.51. The molecule has 0 fully saturated rings. The normalized spacial score (nSPS) is 11.8. The number of nitrogens with one attached hydrogen (secondary N) is 2. The topological polar surface area (TPSA) is 87.6 Å². The fraction of sp³-hybridized carbons (Fsp3) is 0. The largest absolute Gasteiger partial charge is 0.448 e. The number of benzene rings is 1. The van der Waals surface area contributed by atoms with Crippen molar-refractivity contribution in [2.24, 2.45) is 0 Å². The predicted octanol–water partition coefficient (Wildman–Crippen LogP) is 1.55. The fourth-order valence-electron chi connectivity index (χ4n) is 2.08. The Labute approximate surface area is 93.3 Å². The van der Waals surface area contributed by atoms with Gasteiger partial charge in [-0.1, -0.05) is 0 Å². The van der Waals surface area contributed by atoms with Gasteiger partial charge in [-0.05, 0) is 12.1 Å². The van der Waals surface area contributed by atoms with Crippen molar-refractivity contribution in [1.29, 1.82) is 0 Å². The molecule has 82 valence electrons. The maximum absolute atomic E-state index is 11.6. The van der Waals surface area contributed by atoms with E-state index in [0.29, 0.717) is 11.1 Å². The molecular formula is C11H6N4O2. The first-order valence-corrected chi connectivity index (χ1v) is 5.06. The van der Waals surface area contributed by atoms with Crippen LogP contribution in [0, 0.1) is 0 Å². The molecule has 0 radical (unpaired) electrons. The van der Waals surface area contributed by atoms with Gasteiger partial charge in [-0.25, -0.2) is 4.98 Å². The number of furan rings is 1. The number of H-pyrrole nitrogens is 2. The van der Waals surface area contributed by atoms with Gasteiger partial charge < -0.3 is 9.40 Å². The van der Waals surface area contributed by atoms with Crippen LogP contribution in [0.4, 0.5) is 0 Å². The van der Waals surface area contributed by atoms with Gasteiger partial charge in [-0.15, -0.1) is 0 Å². The average molecular weight is 226 g/mol. The summed E-state index contributed by atoms with van der Waals surface area (Å²) >= 11 is 0. The van der Waals surface area contributed by atoms with Gasteiger partial charge in [0.15, 0.2) is 0 Å². The van der Waals surface area contributed by atoms with E-state index in [1.165, 1.54) is 6.33 Å². The first kappa shape index (κ1) is 8.51. The second-order valence-corrected chi connectivity index (χ2v) is 3.78. The van der Waals surface area contributed by atoms with Crippen molar-refractivity contribution in [2.45, 2.75) is 0 Å². The lowest BCUT2D eigenvalue weighted by molar-refractivity contribution is 0.661. The van der Waals surface area contributed by atoms with E-state index in [4.69, 9.17) is 4.42 Å². The van der Waals surface area contributed by atoms with Crippen molar-refractivity contribution >= 4 is 33.0 Å². The molecular weight excluding hydrogens is 220 g/mol. The van der Waals surface area contributed by atoms with Gasteiger partial charge in [0.25, 0.3) is 5.56 Å². The van der Waals surface area contributed by atoms with E-state index in [9.17, 15) is 4.79 Å². The summed E-state index contributed by atoms with van der Waals surface area (Å²) in [6, 6.07) is 3.70. The highest BCUT2D eigenvalue weighted by molar-refractivity contribution is 6.15. The Hall–Kier alpha value is -2.63. The maximum Gasteiger partial charge on any atom is 0.294 e. The minimum Gasteiger partial charge on any atom is -0.448 e. The SMILES string of the molecule is O=c1[nH]cnc2c1oc1ccc3cn[nH]c3c12. The van der Waals surface area contributed by atoms with Crippen LogP contribution in [0.1, 0.15) is 0 Å². The number of aromatic amines is 2. The third-order valence-corrected chi connectivity index (χ3v) is 2.84. The maximum atomic E-state index is 11.6. The highest BCUT2D eigenvalue weighted by Gasteiger charge is 2.14. The van der Waals surface area contributed by atoms with Crippen molar-refractivity contribution in [3.8, 4) is 0 Å². The summed E-state index contributed by atoms with van der Waals surface area (Å²) in [6.07, 6.45) is 3.09. The molecule has 17 heavy (non-hydrogen) atoms. The van der Waals surface area contributed by atoms with Crippen LogP contribution in [0.5, 0.6) is 0 Å². The van der Waals surface area contributed by atoms with E-state index in [2.05, 4.69) is 20.2 Å². The van der Waals surface area contributed by atoms with Crippen LogP contribution in [0.15, 0.2) is 33.9 Å². The van der Waals surface area contributed by atoms with Gasteiger partial charge in [0.1, 0.15) is 11.1 Å². The summed E-state index contributed by atoms with van der Waals surface area (Å²) in [5.41, 5.74) is 1.97. The highest BCUT2D eigenvalue weighted by atomic mass is 16.3. The number of nitrogens with zero attached hydrogens (tertiary/aromatic N) is 2. The zero-order valence-corrected chi connectivity index (χ0v) is 8.52. The van der Waals surface area contributed by atoms with Gasteiger partial charge in [0.2, 0.25) is 5.58 Å². The average Bonchev–Trinajstić information content (AvgIpc) is 2.91. The molecule has 0 spiro atoms. The molecule has 0 unspecified atom stereocenters. The highest BCUT2D eigenvalue weighted by Crippen LogP contribution is 2.30. The van der Waals surface area contributed by atoms with Crippen LogP contribution in [-0.2, 0) is 0 Å². The van der Waals surface area contributed by atoms with Crippen molar-refractivity contribution in [2.75, 3.05) is 0 Å². The van der Waals surface area contributed by atoms with Crippen molar-refractivity contribution in [1.82, 2.24) is 20.2 Å². The predicted molar refractivity (Wildman–Crippen MR) is 61.8 cm³/mol. The summed E-state index contributed by atoms with van der Waals surface area (Å²) in [4.78, 5) is 18.3. The quantitative estimate of drug-likeness (QED) is 0.476. The van der Waals surface area contributed by atoms with Crippen LogP contribution < -0.4 is 5.56 Å². The van der Waals surface area contributed by atoms with Gasteiger partial charge in [0, 0.05) is 5.39 Å². The van der Waals surface area contributed by atoms with E-state index >= 15 is 0 Å². The Balaban J connectivity index is 2.44. The fourth-order valence-corrected chi connectivity index (χ4v) is 2.08. The Kier molecular flexibility index (Phi) is 1.37. The van der Waals surface area contributed by atoms with Crippen molar-refractivity contribution in [3.63, 3.8) is 0 Å². The molecule has 0 atom stereocenters. The van der Waals surface area contributed by atoms with Gasteiger partial charge in [-0.3, -0.25) is 9.89 Å². The molecule has 0 amide bonds.